The van der Waals surface area contributed by atoms with Gasteiger partial charge in [-0.2, -0.15) is 0 Å². The van der Waals surface area contributed by atoms with E-state index in [-0.39, 0.29) is 0 Å². The Balaban J connectivity index is 2.33. The molecule has 1 heterocycles. The monoisotopic (exact) mass is 212 g/mol. The van der Waals surface area contributed by atoms with Crippen molar-refractivity contribution >= 4 is 0 Å². The van der Waals surface area contributed by atoms with E-state index in [0.29, 0.717) is 0 Å². The molecular weight excluding hydrogens is 200 g/mol. The Hall–Kier alpha value is -1.80. The molecule has 2 heteroatoms. The van der Waals surface area contributed by atoms with Crippen molar-refractivity contribution in [2.45, 2.75) is 12.7 Å². The van der Waals surface area contributed by atoms with Crippen molar-refractivity contribution < 1.29 is 9.84 Å². The molecule has 0 amide bonds. The summed E-state index contributed by atoms with van der Waals surface area (Å²) in [5.41, 5.74) is 2.88. The highest BCUT2D eigenvalue weighted by Gasteiger charge is 2.33. The molecule has 2 aromatic rings. The van der Waals surface area contributed by atoms with Crippen LogP contribution < -0.4 is 4.74 Å². The third kappa shape index (κ3) is 1.24. The zero-order valence-corrected chi connectivity index (χ0v) is 8.97. The fourth-order valence-corrected chi connectivity index (χ4v) is 2.17. The van der Waals surface area contributed by atoms with Crippen LogP contribution in [0.2, 0.25) is 0 Å². The SMILES string of the molecule is CC1(O)Oc2ccccc2-c2ccccc21. The summed E-state index contributed by atoms with van der Waals surface area (Å²) in [4.78, 5) is 0. The minimum Gasteiger partial charge on any atom is -0.458 e. The molecule has 2 aromatic carbocycles. The van der Waals surface area contributed by atoms with Crippen molar-refractivity contribution in [3.8, 4) is 16.9 Å². The van der Waals surface area contributed by atoms with Gasteiger partial charge in [0.15, 0.2) is 0 Å². The quantitative estimate of drug-likeness (QED) is 0.727. The van der Waals surface area contributed by atoms with Crippen LogP contribution in [0.3, 0.4) is 0 Å². The van der Waals surface area contributed by atoms with E-state index in [1.54, 1.807) is 6.92 Å². The summed E-state index contributed by atoms with van der Waals surface area (Å²) in [6.45, 7) is 1.67. The molecule has 1 aliphatic heterocycles. The lowest BCUT2D eigenvalue weighted by molar-refractivity contribution is -0.130. The summed E-state index contributed by atoms with van der Waals surface area (Å²) in [6.07, 6.45) is 0. The molecule has 0 aromatic heterocycles. The largest absolute Gasteiger partial charge is 0.458 e. The third-order valence-electron chi connectivity index (χ3n) is 2.91. The summed E-state index contributed by atoms with van der Waals surface area (Å²) < 4.78 is 5.60. The van der Waals surface area contributed by atoms with Gasteiger partial charge in [0.2, 0.25) is 5.79 Å². The summed E-state index contributed by atoms with van der Waals surface area (Å²) in [5.74, 6) is -0.517. The average Bonchev–Trinajstić information content (AvgIpc) is 2.29. The van der Waals surface area contributed by atoms with E-state index in [0.717, 1.165) is 22.4 Å². The van der Waals surface area contributed by atoms with Gasteiger partial charge in [-0.05, 0) is 11.6 Å². The zero-order chi connectivity index (χ0) is 11.2. The summed E-state index contributed by atoms with van der Waals surface area (Å²) >= 11 is 0. The standard InChI is InChI=1S/C14H12O2/c1-14(15)12-8-4-2-6-10(12)11-7-3-5-9-13(11)16-14/h2-9,15H,1H3. The van der Waals surface area contributed by atoms with Crippen LogP contribution in [0.25, 0.3) is 11.1 Å². The molecule has 0 fully saturated rings. The van der Waals surface area contributed by atoms with Gasteiger partial charge >= 0.3 is 0 Å². The predicted molar refractivity (Wildman–Crippen MR) is 62.1 cm³/mol. The fraction of sp³-hybridized carbons (Fsp3) is 0.143. The molecule has 0 aliphatic carbocycles. The first-order valence-corrected chi connectivity index (χ1v) is 5.29. The summed E-state index contributed by atoms with van der Waals surface area (Å²) in [7, 11) is 0. The van der Waals surface area contributed by atoms with E-state index < -0.39 is 5.79 Å². The van der Waals surface area contributed by atoms with E-state index in [9.17, 15) is 5.11 Å². The second-order valence-electron chi connectivity index (χ2n) is 4.13. The number of benzene rings is 2. The predicted octanol–water partition coefficient (Wildman–Crippen LogP) is 2.91. The smallest absolute Gasteiger partial charge is 0.232 e. The lowest BCUT2D eigenvalue weighted by atomic mass is 9.92. The molecule has 16 heavy (non-hydrogen) atoms. The van der Waals surface area contributed by atoms with Crippen molar-refractivity contribution in [1.82, 2.24) is 0 Å². The topological polar surface area (TPSA) is 29.5 Å². The van der Waals surface area contributed by atoms with E-state index in [4.69, 9.17) is 4.74 Å². The Morgan fingerprint density at radius 3 is 2.38 bits per heavy atom. The molecule has 0 saturated heterocycles. The maximum atomic E-state index is 10.3. The van der Waals surface area contributed by atoms with Crippen LogP contribution in [-0.4, -0.2) is 5.11 Å². The van der Waals surface area contributed by atoms with Crippen LogP contribution in [0.5, 0.6) is 5.75 Å². The fourth-order valence-electron chi connectivity index (χ4n) is 2.17. The van der Waals surface area contributed by atoms with Gasteiger partial charge in [0.1, 0.15) is 5.75 Å². The highest BCUT2D eigenvalue weighted by atomic mass is 16.6. The van der Waals surface area contributed by atoms with Crippen molar-refractivity contribution in [2.75, 3.05) is 0 Å². The molecular formula is C14H12O2. The number of rotatable bonds is 0. The van der Waals surface area contributed by atoms with Crippen LogP contribution in [0, 0.1) is 0 Å². The molecule has 3 rings (SSSR count). The molecule has 0 bridgehead atoms. The highest BCUT2D eigenvalue weighted by Crippen LogP contribution is 2.43. The van der Waals surface area contributed by atoms with Crippen LogP contribution in [0.15, 0.2) is 48.5 Å². The molecule has 0 saturated carbocycles. The minimum atomic E-state index is -1.25. The molecule has 0 spiro atoms. The van der Waals surface area contributed by atoms with Gasteiger partial charge in [0.25, 0.3) is 0 Å². The summed E-state index contributed by atoms with van der Waals surface area (Å²) in [6, 6.07) is 15.5. The molecule has 2 nitrogen and oxygen atoms in total. The number of para-hydroxylation sites is 1. The number of aliphatic hydroxyl groups is 1. The number of fused-ring (bicyclic) bond motifs is 3. The molecule has 0 radical (unpaired) electrons. The van der Waals surface area contributed by atoms with E-state index in [1.165, 1.54) is 0 Å². The lowest BCUT2D eigenvalue weighted by Gasteiger charge is -2.33. The van der Waals surface area contributed by atoms with Gasteiger partial charge < -0.3 is 9.84 Å². The normalized spacial score (nSPS) is 21.9. The maximum absolute atomic E-state index is 10.3. The van der Waals surface area contributed by atoms with E-state index in [1.807, 2.05) is 48.5 Å². The molecule has 1 aliphatic rings. The molecule has 80 valence electrons. The second-order valence-corrected chi connectivity index (χ2v) is 4.13. The van der Waals surface area contributed by atoms with E-state index in [2.05, 4.69) is 0 Å². The molecule has 1 atom stereocenters. The molecule has 1 N–H and O–H groups in total. The Morgan fingerprint density at radius 2 is 1.56 bits per heavy atom. The van der Waals surface area contributed by atoms with E-state index >= 15 is 0 Å². The Bertz CT molecular complexity index is 544. The zero-order valence-electron chi connectivity index (χ0n) is 8.97. The van der Waals surface area contributed by atoms with Gasteiger partial charge in [-0.1, -0.05) is 42.5 Å². The number of hydrogen-bond donors (Lipinski definition) is 1. The first-order valence-electron chi connectivity index (χ1n) is 5.29. The van der Waals surface area contributed by atoms with Crippen LogP contribution in [0.1, 0.15) is 12.5 Å². The highest BCUT2D eigenvalue weighted by molar-refractivity contribution is 5.75. The Morgan fingerprint density at radius 1 is 0.938 bits per heavy atom. The number of ether oxygens (including phenoxy) is 1. The third-order valence-corrected chi connectivity index (χ3v) is 2.91. The second kappa shape index (κ2) is 3.09. The van der Waals surface area contributed by atoms with Crippen molar-refractivity contribution in [3.63, 3.8) is 0 Å². The maximum Gasteiger partial charge on any atom is 0.232 e. The Kier molecular flexibility index (Phi) is 1.82. The van der Waals surface area contributed by atoms with Crippen LogP contribution >= 0.6 is 0 Å². The van der Waals surface area contributed by atoms with Crippen LogP contribution in [0.4, 0.5) is 0 Å². The van der Waals surface area contributed by atoms with Crippen LogP contribution in [-0.2, 0) is 5.79 Å². The van der Waals surface area contributed by atoms with Gasteiger partial charge in [-0.3, -0.25) is 0 Å². The Labute approximate surface area is 94.1 Å². The first kappa shape index (κ1) is 9.43. The minimum absolute atomic E-state index is 0.728. The average molecular weight is 212 g/mol. The van der Waals surface area contributed by atoms with Gasteiger partial charge in [-0.25, -0.2) is 0 Å². The first-order chi connectivity index (χ1) is 7.68. The van der Waals surface area contributed by atoms with Gasteiger partial charge in [-0.15, -0.1) is 0 Å². The number of hydrogen-bond acceptors (Lipinski definition) is 2. The molecule has 1 unspecified atom stereocenters. The lowest BCUT2D eigenvalue weighted by Crippen LogP contribution is -2.32. The van der Waals surface area contributed by atoms with Crippen molar-refractivity contribution in [1.29, 1.82) is 0 Å². The summed E-state index contributed by atoms with van der Waals surface area (Å²) in [5, 5.41) is 10.3. The van der Waals surface area contributed by atoms with Crippen molar-refractivity contribution in [3.05, 3.63) is 54.1 Å². The van der Waals surface area contributed by atoms with Crippen molar-refractivity contribution in [2.24, 2.45) is 0 Å². The van der Waals surface area contributed by atoms with Gasteiger partial charge in [0.05, 0.1) is 0 Å². The van der Waals surface area contributed by atoms with Gasteiger partial charge in [0, 0.05) is 18.1 Å².